The Morgan fingerprint density at radius 1 is 1.23 bits per heavy atom. The molecule has 0 bridgehead atoms. The highest BCUT2D eigenvalue weighted by Gasteiger charge is 2.10. The molecule has 0 atom stereocenters. The van der Waals surface area contributed by atoms with E-state index in [1.807, 2.05) is 24.3 Å². The van der Waals surface area contributed by atoms with Crippen LogP contribution in [0.2, 0.25) is 0 Å². The molecular formula is C11H14O2. The molecule has 1 rings (SSSR count). The van der Waals surface area contributed by atoms with E-state index in [0.717, 1.165) is 11.1 Å². The lowest BCUT2D eigenvalue weighted by molar-refractivity contribution is -0.106. The van der Waals surface area contributed by atoms with Crippen molar-refractivity contribution in [3.63, 3.8) is 0 Å². The van der Waals surface area contributed by atoms with E-state index in [1.54, 1.807) is 20.3 Å². The maximum Gasteiger partial charge on any atom is 0.183 e. The summed E-state index contributed by atoms with van der Waals surface area (Å²) in [6, 6.07) is 7.86. The van der Waals surface area contributed by atoms with Gasteiger partial charge in [0, 0.05) is 19.8 Å². The fourth-order valence-electron chi connectivity index (χ4n) is 1.26. The predicted octanol–water partition coefficient (Wildman–Crippen LogP) is 2.62. The lowest BCUT2D eigenvalue weighted by atomic mass is 10.1. The van der Waals surface area contributed by atoms with Crippen LogP contribution in [0.3, 0.4) is 0 Å². The largest absolute Gasteiger partial charge is 0.352 e. The topological polar surface area (TPSA) is 18.5 Å². The molecule has 1 aromatic carbocycles. The summed E-state index contributed by atoms with van der Waals surface area (Å²) in [7, 11) is 3.24. The zero-order chi connectivity index (χ0) is 9.68. The molecule has 2 nitrogen and oxygen atoms in total. The van der Waals surface area contributed by atoms with Crippen LogP contribution in [0.15, 0.2) is 30.8 Å². The number of hydrogen-bond donors (Lipinski definition) is 0. The van der Waals surface area contributed by atoms with Crippen LogP contribution in [-0.4, -0.2) is 14.2 Å². The van der Waals surface area contributed by atoms with Gasteiger partial charge in [-0.3, -0.25) is 0 Å². The standard InChI is InChI=1S/C11H14O2/c1-4-9-7-5-6-8-10(9)11(12-2)13-3/h4-8,11H,1H2,2-3H3. The van der Waals surface area contributed by atoms with E-state index >= 15 is 0 Å². The Morgan fingerprint density at radius 2 is 1.85 bits per heavy atom. The number of benzene rings is 1. The molecule has 0 fully saturated rings. The van der Waals surface area contributed by atoms with Crippen LogP contribution in [0.1, 0.15) is 17.4 Å². The van der Waals surface area contributed by atoms with Crippen LogP contribution in [-0.2, 0) is 9.47 Å². The molecule has 0 amide bonds. The second-order valence-corrected chi connectivity index (χ2v) is 2.64. The fourth-order valence-corrected chi connectivity index (χ4v) is 1.26. The van der Waals surface area contributed by atoms with Crippen LogP contribution in [0.5, 0.6) is 0 Å². The summed E-state index contributed by atoms with van der Waals surface area (Å²) in [6.45, 7) is 3.73. The van der Waals surface area contributed by atoms with Gasteiger partial charge >= 0.3 is 0 Å². The smallest absolute Gasteiger partial charge is 0.183 e. The summed E-state index contributed by atoms with van der Waals surface area (Å²) in [5, 5.41) is 0. The van der Waals surface area contributed by atoms with Crippen molar-refractivity contribution in [1.82, 2.24) is 0 Å². The van der Waals surface area contributed by atoms with E-state index in [4.69, 9.17) is 9.47 Å². The molecule has 13 heavy (non-hydrogen) atoms. The van der Waals surface area contributed by atoms with Gasteiger partial charge < -0.3 is 9.47 Å². The van der Waals surface area contributed by atoms with Crippen LogP contribution in [0.25, 0.3) is 6.08 Å². The van der Waals surface area contributed by atoms with Crippen molar-refractivity contribution in [2.45, 2.75) is 6.29 Å². The number of hydrogen-bond acceptors (Lipinski definition) is 2. The summed E-state index contributed by atoms with van der Waals surface area (Å²) in [5.74, 6) is 0. The van der Waals surface area contributed by atoms with E-state index < -0.39 is 0 Å². The van der Waals surface area contributed by atoms with Crippen LogP contribution in [0, 0.1) is 0 Å². The first kappa shape index (κ1) is 9.96. The van der Waals surface area contributed by atoms with Gasteiger partial charge in [0.05, 0.1) is 0 Å². The van der Waals surface area contributed by atoms with E-state index in [1.165, 1.54) is 0 Å². The highest BCUT2D eigenvalue weighted by Crippen LogP contribution is 2.21. The van der Waals surface area contributed by atoms with E-state index in [0.29, 0.717) is 0 Å². The summed E-state index contributed by atoms with van der Waals surface area (Å²) >= 11 is 0. The van der Waals surface area contributed by atoms with Crippen LogP contribution < -0.4 is 0 Å². The lowest BCUT2D eigenvalue weighted by Gasteiger charge is -2.15. The van der Waals surface area contributed by atoms with Crippen LogP contribution in [0.4, 0.5) is 0 Å². The summed E-state index contributed by atoms with van der Waals surface area (Å²) in [5.41, 5.74) is 2.04. The van der Waals surface area contributed by atoms with Crippen molar-refractivity contribution in [2.24, 2.45) is 0 Å². The highest BCUT2D eigenvalue weighted by molar-refractivity contribution is 5.52. The van der Waals surface area contributed by atoms with Crippen molar-refractivity contribution in [1.29, 1.82) is 0 Å². The fraction of sp³-hybridized carbons (Fsp3) is 0.273. The Morgan fingerprint density at radius 3 is 2.38 bits per heavy atom. The van der Waals surface area contributed by atoms with Gasteiger partial charge in [-0.1, -0.05) is 36.9 Å². The molecule has 0 aliphatic carbocycles. The van der Waals surface area contributed by atoms with Crippen molar-refractivity contribution >= 4 is 6.08 Å². The summed E-state index contributed by atoms with van der Waals surface area (Å²) in [4.78, 5) is 0. The van der Waals surface area contributed by atoms with Crippen molar-refractivity contribution in [2.75, 3.05) is 14.2 Å². The molecule has 1 aromatic rings. The monoisotopic (exact) mass is 178 g/mol. The first-order chi connectivity index (χ1) is 6.33. The molecule has 0 aliphatic heterocycles. The van der Waals surface area contributed by atoms with Gasteiger partial charge in [-0.2, -0.15) is 0 Å². The average Bonchev–Trinajstić information content (AvgIpc) is 2.20. The van der Waals surface area contributed by atoms with Crippen molar-refractivity contribution in [3.8, 4) is 0 Å². The SMILES string of the molecule is C=Cc1ccccc1C(OC)OC. The Kier molecular flexibility index (Phi) is 3.68. The van der Waals surface area contributed by atoms with Gasteiger partial charge in [-0.05, 0) is 5.56 Å². The summed E-state index contributed by atoms with van der Waals surface area (Å²) in [6.07, 6.45) is 1.48. The third-order valence-electron chi connectivity index (χ3n) is 1.90. The lowest BCUT2D eigenvalue weighted by Crippen LogP contribution is -2.05. The van der Waals surface area contributed by atoms with Gasteiger partial charge in [-0.25, -0.2) is 0 Å². The highest BCUT2D eigenvalue weighted by atomic mass is 16.7. The van der Waals surface area contributed by atoms with E-state index in [-0.39, 0.29) is 6.29 Å². The average molecular weight is 178 g/mol. The molecule has 0 aliphatic rings. The third-order valence-corrected chi connectivity index (χ3v) is 1.90. The van der Waals surface area contributed by atoms with Gasteiger partial charge in [0.2, 0.25) is 0 Å². The van der Waals surface area contributed by atoms with Crippen molar-refractivity contribution < 1.29 is 9.47 Å². The Labute approximate surface area is 78.8 Å². The first-order valence-corrected chi connectivity index (χ1v) is 4.10. The normalized spacial score (nSPS) is 10.4. The molecule has 0 radical (unpaired) electrons. The quantitative estimate of drug-likeness (QED) is 0.660. The van der Waals surface area contributed by atoms with Gasteiger partial charge in [-0.15, -0.1) is 0 Å². The molecule has 0 aromatic heterocycles. The molecule has 0 unspecified atom stereocenters. The molecule has 0 heterocycles. The summed E-state index contributed by atoms with van der Waals surface area (Å²) < 4.78 is 10.3. The number of methoxy groups -OCH3 is 2. The second kappa shape index (κ2) is 4.80. The molecule has 70 valence electrons. The minimum absolute atomic E-state index is 0.311. The molecule has 2 heteroatoms. The molecule has 0 N–H and O–H groups in total. The van der Waals surface area contributed by atoms with Crippen molar-refractivity contribution in [3.05, 3.63) is 42.0 Å². The van der Waals surface area contributed by atoms with Gasteiger partial charge in [0.15, 0.2) is 6.29 Å². The Bertz CT molecular complexity index is 277. The minimum Gasteiger partial charge on any atom is -0.352 e. The van der Waals surface area contributed by atoms with Gasteiger partial charge in [0.25, 0.3) is 0 Å². The maximum absolute atomic E-state index is 5.16. The molecule has 0 saturated carbocycles. The molecule has 0 spiro atoms. The number of ether oxygens (including phenoxy) is 2. The Hall–Kier alpha value is -1.12. The van der Waals surface area contributed by atoms with E-state index in [2.05, 4.69) is 6.58 Å². The van der Waals surface area contributed by atoms with Gasteiger partial charge in [0.1, 0.15) is 0 Å². The van der Waals surface area contributed by atoms with Crippen LogP contribution >= 0.6 is 0 Å². The maximum atomic E-state index is 5.16. The molecule has 0 saturated heterocycles. The number of rotatable bonds is 4. The minimum atomic E-state index is -0.311. The predicted molar refractivity (Wildman–Crippen MR) is 53.3 cm³/mol. The second-order valence-electron chi connectivity index (χ2n) is 2.64. The Balaban J connectivity index is 3.03. The first-order valence-electron chi connectivity index (χ1n) is 4.10. The third kappa shape index (κ3) is 2.17. The zero-order valence-corrected chi connectivity index (χ0v) is 7.99. The zero-order valence-electron chi connectivity index (χ0n) is 7.99. The van der Waals surface area contributed by atoms with E-state index in [9.17, 15) is 0 Å². The molecular weight excluding hydrogens is 164 g/mol.